The highest BCUT2D eigenvalue weighted by Crippen LogP contribution is 2.30. The van der Waals surface area contributed by atoms with Crippen LogP contribution in [0.3, 0.4) is 0 Å². The number of guanidine groups is 1. The highest BCUT2D eigenvalue weighted by molar-refractivity contribution is 14.0. The van der Waals surface area contributed by atoms with Crippen LogP contribution in [0.2, 0.25) is 0 Å². The molecule has 1 saturated carbocycles. The van der Waals surface area contributed by atoms with Crippen LogP contribution >= 0.6 is 24.0 Å². The first-order valence-corrected chi connectivity index (χ1v) is 11.8. The Hall–Kier alpha value is -1.92. The number of primary sulfonamides is 1. The SMILES string of the molecule is CN=C(NCCc1ccc(S(N)(=O)=O)cc1)NC(C)c1ccc(OCC2CC2)c(F)c1.I. The van der Waals surface area contributed by atoms with Gasteiger partial charge in [-0.2, -0.15) is 0 Å². The number of halogens is 2. The van der Waals surface area contributed by atoms with Crippen LogP contribution in [0.5, 0.6) is 5.75 Å². The molecule has 7 nitrogen and oxygen atoms in total. The van der Waals surface area contributed by atoms with E-state index in [0.717, 1.165) is 24.0 Å². The third kappa shape index (κ3) is 7.89. The number of rotatable bonds is 9. The monoisotopic (exact) mass is 576 g/mol. The van der Waals surface area contributed by atoms with E-state index in [4.69, 9.17) is 9.88 Å². The number of benzene rings is 2. The van der Waals surface area contributed by atoms with Gasteiger partial charge in [0.25, 0.3) is 0 Å². The number of hydrogen-bond acceptors (Lipinski definition) is 4. The molecule has 0 aliphatic heterocycles. The summed E-state index contributed by atoms with van der Waals surface area (Å²) >= 11 is 0. The van der Waals surface area contributed by atoms with E-state index in [9.17, 15) is 12.8 Å². The molecule has 0 amide bonds. The molecule has 0 aromatic heterocycles. The molecule has 2 aromatic carbocycles. The summed E-state index contributed by atoms with van der Waals surface area (Å²) in [5.74, 6) is 1.08. The molecule has 0 saturated heterocycles. The Bertz CT molecular complexity index is 1030. The minimum atomic E-state index is -3.69. The van der Waals surface area contributed by atoms with Crippen LogP contribution in [0.4, 0.5) is 4.39 Å². The van der Waals surface area contributed by atoms with Gasteiger partial charge in [-0.25, -0.2) is 17.9 Å². The van der Waals surface area contributed by atoms with E-state index in [1.165, 1.54) is 18.2 Å². The summed E-state index contributed by atoms with van der Waals surface area (Å²) < 4.78 is 42.5. The Labute approximate surface area is 206 Å². The highest BCUT2D eigenvalue weighted by atomic mass is 127. The number of ether oxygens (including phenoxy) is 1. The van der Waals surface area contributed by atoms with E-state index < -0.39 is 10.0 Å². The summed E-state index contributed by atoms with van der Waals surface area (Å²) in [6, 6.07) is 11.3. The van der Waals surface area contributed by atoms with Crippen LogP contribution < -0.4 is 20.5 Å². The maximum Gasteiger partial charge on any atom is 0.238 e. The van der Waals surface area contributed by atoms with Gasteiger partial charge < -0.3 is 15.4 Å². The van der Waals surface area contributed by atoms with Gasteiger partial charge >= 0.3 is 0 Å². The fourth-order valence-electron chi connectivity index (χ4n) is 3.05. The van der Waals surface area contributed by atoms with Crippen molar-refractivity contribution in [2.45, 2.75) is 37.1 Å². The molecule has 1 unspecified atom stereocenters. The minimum absolute atomic E-state index is 0. The van der Waals surface area contributed by atoms with Crippen molar-refractivity contribution in [3.05, 3.63) is 59.4 Å². The fourth-order valence-corrected chi connectivity index (χ4v) is 3.57. The summed E-state index contributed by atoms with van der Waals surface area (Å²) in [6.45, 7) is 3.09. The van der Waals surface area contributed by atoms with Crippen LogP contribution in [0, 0.1) is 11.7 Å². The van der Waals surface area contributed by atoms with Gasteiger partial charge in [-0.15, -0.1) is 24.0 Å². The van der Waals surface area contributed by atoms with Crippen LogP contribution in [-0.2, 0) is 16.4 Å². The number of nitrogens with one attached hydrogen (secondary N) is 2. The first kappa shape index (κ1) is 26.3. The zero-order valence-corrected chi connectivity index (χ0v) is 21.3. The first-order valence-electron chi connectivity index (χ1n) is 10.3. The van der Waals surface area contributed by atoms with Crippen molar-refractivity contribution in [1.29, 1.82) is 0 Å². The normalized spacial score (nSPS) is 14.9. The van der Waals surface area contributed by atoms with Crippen LogP contribution in [0.15, 0.2) is 52.4 Å². The van der Waals surface area contributed by atoms with Gasteiger partial charge in [0, 0.05) is 13.6 Å². The number of hydrogen-bond donors (Lipinski definition) is 3. The van der Waals surface area contributed by atoms with Gasteiger partial charge in [-0.3, -0.25) is 4.99 Å². The van der Waals surface area contributed by atoms with Crippen molar-refractivity contribution in [2.24, 2.45) is 16.0 Å². The van der Waals surface area contributed by atoms with E-state index in [2.05, 4.69) is 15.6 Å². The fraction of sp³-hybridized carbons (Fsp3) is 0.409. The van der Waals surface area contributed by atoms with E-state index in [1.807, 2.05) is 13.0 Å². The van der Waals surface area contributed by atoms with Crippen LogP contribution in [0.25, 0.3) is 0 Å². The van der Waals surface area contributed by atoms with Gasteiger partial charge in [0.2, 0.25) is 10.0 Å². The Balaban J connectivity index is 0.00000363. The van der Waals surface area contributed by atoms with E-state index in [-0.39, 0.29) is 40.7 Å². The molecule has 32 heavy (non-hydrogen) atoms. The molecule has 176 valence electrons. The third-order valence-electron chi connectivity index (χ3n) is 5.16. The lowest BCUT2D eigenvalue weighted by molar-refractivity contribution is 0.285. The van der Waals surface area contributed by atoms with E-state index in [1.54, 1.807) is 25.2 Å². The molecule has 2 aromatic rings. The second-order valence-electron chi connectivity index (χ2n) is 7.75. The lowest BCUT2D eigenvalue weighted by Gasteiger charge is -2.19. The molecule has 1 aliphatic carbocycles. The number of nitrogens with two attached hydrogens (primary N) is 1. The molecule has 3 rings (SSSR count). The Morgan fingerprint density at radius 3 is 2.50 bits per heavy atom. The van der Waals surface area contributed by atoms with Crippen LogP contribution in [0.1, 0.15) is 36.9 Å². The van der Waals surface area contributed by atoms with Crippen molar-refractivity contribution >= 4 is 40.0 Å². The van der Waals surface area contributed by atoms with Crippen molar-refractivity contribution in [1.82, 2.24) is 10.6 Å². The topological polar surface area (TPSA) is 106 Å². The number of sulfonamides is 1. The van der Waals surface area contributed by atoms with Crippen molar-refractivity contribution in [3.63, 3.8) is 0 Å². The average molecular weight is 576 g/mol. The molecule has 0 spiro atoms. The minimum Gasteiger partial charge on any atom is -0.490 e. The number of aliphatic imine (C=N–C) groups is 1. The molecule has 0 radical (unpaired) electrons. The second kappa shape index (κ2) is 11.8. The van der Waals surface area contributed by atoms with Gasteiger partial charge in [-0.1, -0.05) is 18.2 Å². The van der Waals surface area contributed by atoms with Gasteiger partial charge in [0.05, 0.1) is 17.5 Å². The lowest BCUT2D eigenvalue weighted by Crippen LogP contribution is -2.39. The molecule has 1 atom stereocenters. The van der Waals surface area contributed by atoms with Crippen molar-refractivity contribution < 1.29 is 17.5 Å². The quantitative estimate of drug-likeness (QED) is 0.241. The second-order valence-corrected chi connectivity index (χ2v) is 9.31. The van der Waals surface area contributed by atoms with E-state index >= 15 is 0 Å². The van der Waals surface area contributed by atoms with Crippen LogP contribution in [-0.4, -0.2) is 34.6 Å². The molecule has 4 N–H and O–H groups in total. The Kier molecular flexibility index (Phi) is 9.71. The zero-order chi connectivity index (χ0) is 22.4. The molecule has 1 aliphatic rings. The summed E-state index contributed by atoms with van der Waals surface area (Å²) in [4.78, 5) is 4.30. The largest absolute Gasteiger partial charge is 0.490 e. The summed E-state index contributed by atoms with van der Waals surface area (Å²) in [6.07, 6.45) is 2.99. The Morgan fingerprint density at radius 1 is 1.25 bits per heavy atom. The average Bonchev–Trinajstić information content (AvgIpc) is 3.56. The predicted octanol–water partition coefficient (Wildman–Crippen LogP) is 3.35. The molecule has 0 heterocycles. The van der Waals surface area contributed by atoms with Gasteiger partial charge in [-0.05, 0) is 67.5 Å². The summed E-state index contributed by atoms with van der Waals surface area (Å²) in [5.41, 5.74) is 1.75. The Morgan fingerprint density at radius 2 is 1.94 bits per heavy atom. The van der Waals surface area contributed by atoms with Gasteiger partial charge in [0.15, 0.2) is 17.5 Å². The van der Waals surface area contributed by atoms with Crippen molar-refractivity contribution in [3.8, 4) is 5.75 Å². The zero-order valence-electron chi connectivity index (χ0n) is 18.2. The molecular formula is C22H30FIN4O3S. The highest BCUT2D eigenvalue weighted by Gasteiger charge is 2.22. The standard InChI is InChI=1S/C22H29FN4O3S.HI/c1-15(18-7-10-21(20(23)13-18)30-14-17-3-4-17)27-22(25-2)26-12-11-16-5-8-19(9-6-16)31(24,28)29;/h5-10,13,15,17H,3-4,11-12,14H2,1-2H3,(H2,24,28,29)(H2,25,26,27);1H. The third-order valence-corrected chi connectivity index (χ3v) is 6.09. The summed E-state index contributed by atoms with van der Waals surface area (Å²) in [5, 5.41) is 11.6. The maximum atomic E-state index is 14.3. The number of nitrogens with zero attached hydrogens (tertiary/aromatic N) is 1. The molecule has 0 bridgehead atoms. The smallest absolute Gasteiger partial charge is 0.238 e. The lowest BCUT2D eigenvalue weighted by atomic mass is 10.1. The first-order chi connectivity index (χ1) is 14.8. The maximum absolute atomic E-state index is 14.3. The molecule has 10 heteroatoms. The molecule has 1 fully saturated rings. The van der Waals surface area contributed by atoms with Gasteiger partial charge in [0.1, 0.15) is 0 Å². The van der Waals surface area contributed by atoms with Crippen molar-refractivity contribution in [2.75, 3.05) is 20.2 Å². The molecular weight excluding hydrogens is 546 g/mol. The van der Waals surface area contributed by atoms with E-state index in [0.29, 0.717) is 37.2 Å². The predicted molar refractivity (Wildman–Crippen MR) is 134 cm³/mol. The summed E-state index contributed by atoms with van der Waals surface area (Å²) in [7, 11) is -2.02.